The summed E-state index contributed by atoms with van der Waals surface area (Å²) >= 11 is 1.33. The fourth-order valence-electron chi connectivity index (χ4n) is 2.43. The Kier molecular flexibility index (Phi) is 6.02. The van der Waals surface area contributed by atoms with Gasteiger partial charge in [-0.3, -0.25) is 4.57 Å². The highest BCUT2D eigenvalue weighted by atomic mass is 32.2. The number of benzene rings is 1. The lowest BCUT2D eigenvalue weighted by Gasteiger charge is -2.08. The Balaban J connectivity index is 1.72. The minimum absolute atomic E-state index is 0.0259. The molecule has 142 valence electrons. The van der Waals surface area contributed by atoms with Gasteiger partial charge in [0.05, 0.1) is 24.0 Å². The molecule has 0 aliphatic carbocycles. The maximum absolute atomic E-state index is 12.6. The normalized spacial score (nSPS) is 11.4. The van der Waals surface area contributed by atoms with E-state index in [9.17, 15) is 8.42 Å². The maximum atomic E-state index is 12.6. The van der Waals surface area contributed by atoms with Crippen molar-refractivity contribution in [3.8, 4) is 17.3 Å². The summed E-state index contributed by atoms with van der Waals surface area (Å²) in [5.41, 5.74) is 0. The third-order valence-electron chi connectivity index (χ3n) is 3.75. The summed E-state index contributed by atoms with van der Waals surface area (Å²) < 4.78 is 37.4. The quantitative estimate of drug-likeness (QED) is 0.399. The number of aromatic nitrogens is 3. The number of hydrogen-bond donors (Lipinski definition) is 0. The summed E-state index contributed by atoms with van der Waals surface area (Å²) in [7, 11) is -1.92. The Morgan fingerprint density at radius 2 is 2.15 bits per heavy atom. The molecule has 0 saturated heterocycles. The highest BCUT2D eigenvalue weighted by Gasteiger charge is 2.18. The molecule has 0 fully saturated rings. The van der Waals surface area contributed by atoms with Crippen LogP contribution in [0, 0.1) is 0 Å². The van der Waals surface area contributed by atoms with Crippen LogP contribution in [-0.4, -0.2) is 41.8 Å². The average molecular weight is 406 g/mol. The summed E-state index contributed by atoms with van der Waals surface area (Å²) in [5, 5.41) is 8.93. The molecule has 0 aliphatic heterocycles. The zero-order valence-corrected chi connectivity index (χ0v) is 16.4. The van der Waals surface area contributed by atoms with Crippen molar-refractivity contribution in [1.82, 2.24) is 14.8 Å². The van der Waals surface area contributed by atoms with E-state index in [1.165, 1.54) is 24.9 Å². The first-order valence-corrected chi connectivity index (χ1v) is 10.8. The molecule has 0 bridgehead atoms. The minimum atomic E-state index is -3.42. The molecule has 0 N–H and O–H groups in total. The van der Waals surface area contributed by atoms with E-state index in [4.69, 9.17) is 9.15 Å². The van der Waals surface area contributed by atoms with Gasteiger partial charge in [0.25, 0.3) is 0 Å². The fraction of sp³-hybridized carbons (Fsp3) is 0.222. The van der Waals surface area contributed by atoms with Crippen LogP contribution in [0.15, 0.2) is 69.8 Å². The van der Waals surface area contributed by atoms with E-state index in [0.29, 0.717) is 34.8 Å². The van der Waals surface area contributed by atoms with Crippen molar-refractivity contribution in [2.24, 2.45) is 0 Å². The second-order valence-electron chi connectivity index (χ2n) is 5.53. The molecule has 0 atom stereocenters. The average Bonchev–Trinajstić information content (AvgIpc) is 3.32. The van der Waals surface area contributed by atoms with Crippen LogP contribution in [0.25, 0.3) is 11.6 Å². The lowest BCUT2D eigenvalue weighted by molar-refractivity contribution is 0.413. The van der Waals surface area contributed by atoms with Crippen LogP contribution in [0.4, 0.5) is 0 Å². The molecule has 0 amide bonds. The van der Waals surface area contributed by atoms with E-state index >= 15 is 0 Å². The zero-order valence-electron chi connectivity index (χ0n) is 14.7. The second-order valence-corrected chi connectivity index (χ2v) is 8.70. The molecule has 0 unspecified atom stereocenters. The van der Waals surface area contributed by atoms with Gasteiger partial charge in [0, 0.05) is 12.3 Å². The van der Waals surface area contributed by atoms with Crippen molar-refractivity contribution < 1.29 is 17.6 Å². The van der Waals surface area contributed by atoms with Gasteiger partial charge in [0.1, 0.15) is 5.75 Å². The molecule has 2 heterocycles. The molecule has 3 aromatic rings. The summed E-state index contributed by atoms with van der Waals surface area (Å²) in [5.74, 6) is 2.00. The number of hydrogen-bond acceptors (Lipinski definition) is 7. The number of sulfone groups is 1. The second kappa shape index (κ2) is 8.45. The molecule has 0 spiro atoms. The molecule has 27 heavy (non-hydrogen) atoms. The van der Waals surface area contributed by atoms with E-state index < -0.39 is 9.84 Å². The first-order chi connectivity index (χ1) is 13.0. The number of nitrogens with zero attached hydrogens (tertiary/aromatic N) is 3. The minimum Gasteiger partial charge on any atom is -0.497 e. The van der Waals surface area contributed by atoms with Crippen LogP contribution in [0.5, 0.6) is 5.75 Å². The SMILES string of the molecule is C=CCn1c(SCCS(=O)(=O)c2cccc(OC)c2)nnc1-c1ccco1. The third kappa shape index (κ3) is 4.42. The highest BCUT2D eigenvalue weighted by molar-refractivity contribution is 8.00. The summed E-state index contributed by atoms with van der Waals surface area (Å²) in [6.07, 6.45) is 3.29. The van der Waals surface area contributed by atoms with Gasteiger partial charge in [-0.05, 0) is 30.3 Å². The molecule has 0 saturated carbocycles. The lowest BCUT2D eigenvalue weighted by Crippen LogP contribution is -2.10. The van der Waals surface area contributed by atoms with E-state index in [1.54, 1.807) is 42.7 Å². The molecule has 2 aromatic heterocycles. The summed E-state index contributed by atoms with van der Waals surface area (Å²) in [6, 6.07) is 10.0. The van der Waals surface area contributed by atoms with Crippen LogP contribution >= 0.6 is 11.8 Å². The largest absolute Gasteiger partial charge is 0.497 e. The zero-order chi connectivity index (χ0) is 19.3. The van der Waals surface area contributed by atoms with Gasteiger partial charge in [-0.15, -0.1) is 16.8 Å². The summed E-state index contributed by atoms with van der Waals surface area (Å²) in [4.78, 5) is 0.242. The number of thioether (sulfide) groups is 1. The Bertz CT molecular complexity index is 1010. The topological polar surface area (TPSA) is 87.2 Å². The van der Waals surface area contributed by atoms with Crippen molar-refractivity contribution >= 4 is 21.6 Å². The molecular weight excluding hydrogens is 386 g/mol. The Hall–Kier alpha value is -2.52. The number of allylic oxidation sites excluding steroid dienone is 1. The van der Waals surface area contributed by atoms with E-state index in [-0.39, 0.29) is 10.6 Å². The number of furan rings is 1. The van der Waals surface area contributed by atoms with Gasteiger partial charge in [-0.1, -0.05) is 23.9 Å². The van der Waals surface area contributed by atoms with Gasteiger partial charge in [-0.2, -0.15) is 0 Å². The third-order valence-corrected chi connectivity index (χ3v) is 6.69. The number of ether oxygens (including phenoxy) is 1. The van der Waals surface area contributed by atoms with Gasteiger partial charge in [-0.25, -0.2) is 8.42 Å². The molecule has 0 aliphatic rings. The van der Waals surface area contributed by atoms with Gasteiger partial charge < -0.3 is 9.15 Å². The first-order valence-electron chi connectivity index (χ1n) is 8.12. The van der Waals surface area contributed by atoms with Crippen LogP contribution in [-0.2, 0) is 16.4 Å². The van der Waals surface area contributed by atoms with Crippen molar-refractivity contribution in [2.45, 2.75) is 16.6 Å². The molecule has 0 radical (unpaired) electrons. The van der Waals surface area contributed by atoms with E-state index in [1.807, 2.05) is 4.57 Å². The number of methoxy groups -OCH3 is 1. The monoisotopic (exact) mass is 405 g/mol. The highest BCUT2D eigenvalue weighted by Crippen LogP contribution is 2.25. The number of rotatable bonds is 9. The van der Waals surface area contributed by atoms with Crippen LogP contribution < -0.4 is 4.74 Å². The van der Waals surface area contributed by atoms with Crippen LogP contribution in [0.1, 0.15) is 0 Å². The van der Waals surface area contributed by atoms with Crippen LogP contribution in [0.2, 0.25) is 0 Å². The Labute approximate surface area is 162 Å². The smallest absolute Gasteiger partial charge is 0.200 e. The Morgan fingerprint density at radius 3 is 2.85 bits per heavy atom. The van der Waals surface area contributed by atoms with Gasteiger partial charge in [0.2, 0.25) is 5.82 Å². The van der Waals surface area contributed by atoms with E-state index in [2.05, 4.69) is 16.8 Å². The van der Waals surface area contributed by atoms with Crippen LogP contribution in [0.3, 0.4) is 0 Å². The molecule has 1 aromatic carbocycles. The van der Waals surface area contributed by atoms with Crippen molar-refractivity contribution in [2.75, 3.05) is 18.6 Å². The fourth-order valence-corrected chi connectivity index (χ4v) is 5.06. The first kappa shape index (κ1) is 19.2. The predicted molar refractivity (Wildman–Crippen MR) is 104 cm³/mol. The standard InChI is InChI=1S/C18H19N3O4S2/c1-3-9-21-17(16-8-5-10-25-16)19-20-18(21)26-11-12-27(22,23)15-7-4-6-14(13-15)24-2/h3-8,10,13H,1,9,11-12H2,2H3. The maximum Gasteiger partial charge on any atom is 0.200 e. The Morgan fingerprint density at radius 1 is 1.30 bits per heavy atom. The lowest BCUT2D eigenvalue weighted by atomic mass is 10.3. The van der Waals surface area contributed by atoms with Crippen molar-refractivity contribution in [1.29, 1.82) is 0 Å². The van der Waals surface area contributed by atoms with Gasteiger partial charge >= 0.3 is 0 Å². The van der Waals surface area contributed by atoms with E-state index in [0.717, 1.165) is 0 Å². The summed E-state index contributed by atoms with van der Waals surface area (Å²) in [6.45, 7) is 4.24. The van der Waals surface area contributed by atoms with Gasteiger partial charge in [0.15, 0.2) is 20.8 Å². The molecule has 9 heteroatoms. The molecule has 3 rings (SSSR count). The van der Waals surface area contributed by atoms with Crippen molar-refractivity contribution in [3.63, 3.8) is 0 Å². The predicted octanol–water partition coefficient (Wildman–Crippen LogP) is 3.30. The van der Waals surface area contributed by atoms with Crippen molar-refractivity contribution in [3.05, 3.63) is 55.3 Å². The molecule has 7 nitrogen and oxygen atoms in total. The molecular formula is C18H19N3O4S2.